The molecule has 0 saturated heterocycles. The Hall–Kier alpha value is -1.57. The van der Waals surface area contributed by atoms with E-state index in [1.54, 1.807) is 0 Å². The fourth-order valence-electron chi connectivity index (χ4n) is 2.64. The third-order valence-electron chi connectivity index (χ3n) is 3.76. The van der Waals surface area contributed by atoms with E-state index in [-0.39, 0.29) is 24.0 Å². The lowest BCUT2D eigenvalue weighted by Gasteiger charge is -2.16. The molecule has 0 bridgehead atoms. The molecule has 0 amide bonds. The van der Waals surface area contributed by atoms with Gasteiger partial charge in [0.1, 0.15) is 5.76 Å². The van der Waals surface area contributed by atoms with Gasteiger partial charge in [-0.3, -0.25) is 0 Å². The maximum Gasteiger partial charge on any atom is 0.191 e. The molecular formula is C18H27IN4O. The van der Waals surface area contributed by atoms with Gasteiger partial charge in [0.15, 0.2) is 5.96 Å². The molecule has 0 aliphatic rings. The average Bonchev–Trinajstić information content (AvgIpc) is 2.89. The largest absolute Gasteiger partial charge is 0.361 e. The SMILES string of the molecule is CCNC(=NCc1ccccc1)NCC(C)c1c(C)noc1C.I. The predicted molar refractivity (Wildman–Crippen MR) is 109 cm³/mol. The van der Waals surface area contributed by atoms with E-state index in [0.29, 0.717) is 12.5 Å². The van der Waals surface area contributed by atoms with Crippen LogP contribution in [0.4, 0.5) is 0 Å². The van der Waals surface area contributed by atoms with E-state index in [1.807, 2.05) is 32.0 Å². The number of halogens is 1. The van der Waals surface area contributed by atoms with E-state index in [4.69, 9.17) is 4.52 Å². The summed E-state index contributed by atoms with van der Waals surface area (Å²) in [7, 11) is 0. The number of benzene rings is 1. The molecule has 24 heavy (non-hydrogen) atoms. The minimum atomic E-state index is 0. The highest BCUT2D eigenvalue weighted by molar-refractivity contribution is 14.0. The molecule has 6 heteroatoms. The maximum atomic E-state index is 5.25. The molecule has 0 spiro atoms. The van der Waals surface area contributed by atoms with Gasteiger partial charge >= 0.3 is 0 Å². The van der Waals surface area contributed by atoms with Crippen molar-refractivity contribution in [2.75, 3.05) is 13.1 Å². The fourth-order valence-corrected chi connectivity index (χ4v) is 2.64. The Balaban J connectivity index is 0.00000288. The van der Waals surface area contributed by atoms with Crippen LogP contribution in [-0.2, 0) is 6.54 Å². The lowest BCUT2D eigenvalue weighted by Crippen LogP contribution is -2.39. The highest BCUT2D eigenvalue weighted by Gasteiger charge is 2.16. The standard InChI is InChI=1S/C18H26N4O.HI/c1-5-19-18(21-12-16-9-7-6-8-10-16)20-11-13(2)17-14(3)22-23-15(17)4;/h6-10,13H,5,11-12H2,1-4H3,(H2,19,20,21);1H. The Labute approximate surface area is 161 Å². The first-order valence-corrected chi connectivity index (χ1v) is 8.10. The number of aliphatic imine (C=N–C) groups is 1. The number of nitrogens with one attached hydrogen (secondary N) is 2. The molecule has 132 valence electrons. The maximum absolute atomic E-state index is 5.25. The number of rotatable bonds is 6. The third-order valence-corrected chi connectivity index (χ3v) is 3.76. The quantitative estimate of drug-likeness (QED) is 0.406. The van der Waals surface area contributed by atoms with E-state index in [0.717, 1.165) is 30.5 Å². The lowest BCUT2D eigenvalue weighted by molar-refractivity contribution is 0.391. The van der Waals surface area contributed by atoms with Gasteiger partial charge in [0.25, 0.3) is 0 Å². The molecule has 1 unspecified atom stereocenters. The van der Waals surface area contributed by atoms with E-state index >= 15 is 0 Å². The molecule has 0 aliphatic heterocycles. The molecule has 0 radical (unpaired) electrons. The smallest absolute Gasteiger partial charge is 0.191 e. The van der Waals surface area contributed by atoms with Crippen molar-refractivity contribution in [3.8, 4) is 0 Å². The van der Waals surface area contributed by atoms with Crippen LogP contribution in [0.15, 0.2) is 39.8 Å². The lowest BCUT2D eigenvalue weighted by atomic mass is 10.00. The zero-order valence-corrected chi connectivity index (χ0v) is 17.1. The molecule has 5 nitrogen and oxygen atoms in total. The zero-order chi connectivity index (χ0) is 16.7. The Kier molecular flexibility index (Phi) is 8.81. The van der Waals surface area contributed by atoms with E-state index in [9.17, 15) is 0 Å². The van der Waals surface area contributed by atoms with Gasteiger partial charge in [-0.25, -0.2) is 4.99 Å². The molecule has 1 atom stereocenters. The molecule has 0 saturated carbocycles. The number of aryl methyl sites for hydroxylation is 2. The highest BCUT2D eigenvalue weighted by atomic mass is 127. The van der Waals surface area contributed by atoms with Gasteiger partial charge in [0.2, 0.25) is 0 Å². The first kappa shape index (κ1) is 20.5. The van der Waals surface area contributed by atoms with Gasteiger partial charge in [-0.15, -0.1) is 24.0 Å². The van der Waals surface area contributed by atoms with Gasteiger partial charge in [0, 0.05) is 24.6 Å². The number of hydrogen-bond acceptors (Lipinski definition) is 3. The molecular weight excluding hydrogens is 415 g/mol. The zero-order valence-electron chi connectivity index (χ0n) is 14.8. The molecule has 0 aliphatic carbocycles. The van der Waals surface area contributed by atoms with Gasteiger partial charge in [-0.05, 0) is 26.3 Å². The summed E-state index contributed by atoms with van der Waals surface area (Å²) in [5, 5.41) is 10.7. The highest BCUT2D eigenvalue weighted by Crippen LogP contribution is 2.22. The monoisotopic (exact) mass is 442 g/mol. The Morgan fingerprint density at radius 3 is 2.50 bits per heavy atom. The van der Waals surface area contributed by atoms with Crippen LogP contribution in [0.25, 0.3) is 0 Å². The Bertz CT molecular complexity index is 620. The van der Waals surface area contributed by atoms with Crippen molar-refractivity contribution in [3.05, 3.63) is 52.9 Å². The van der Waals surface area contributed by atoms with Crippen LogP contribution in [0.3, 0.4) is 0 Å². The van der Waals surface area contributed by atoms with E-state index < -0.39 is 0 Å². The predicted octanol–water partition coefficient (Wildman–Crippen LogP) is 3.77. The van der Waals surface area contributed by atoms with Gasteiger partial charge in [0.05, 0.1) is 12.2 Å². The van der Waals surface area contributed by atoms with Crippen molar-refractivity contribution in [2.24, 2.45) is 4.99 Å². The molecule has 1 aromatic carbocycles. The molecule has 1 heterocycles. The van der Waals surface area contributed by atoms with Crippen LogP contribution in [-0.4, -0.2) is 24.2 Å². The third kappa shape index (κ3) is 5.81. The summed E-state index contributed by atoms with van der Waals surface area (Å²) in [5.74, 6) is 2.03. The molecule has 0 fully saturated rings. The van der Waals surface area contributed by atoms with Crippen LogP contribution in [0.5, 0.6) is 0 Å². The summed E-state index contributed by atoms with van der Waals surface area (Å²) < 4.78 is 5.25. The fraction of sp³-hybridized carbons (Fsp3) is 0.444. The van der Waals surface area contributed by atoms with E-state index in [1.165, 1.54) is 11.1 Å². The van der Waals surface area contributed by atoms with Crippen LogP contribution in [0.2, 0.25) is 0 Å². The summed E-state index contributed by atoms with van der Waals surface area (Å²) in [5.41, 5.74) is 3.34. The average molecular weight is 442 g/mol. The van der Waals surface area contributed by atoms with Gasteiger partial charge in [-0.2, -0.15) is 0 Å². The molecule has 2 rings (SSSR count). The second-order valence-electron chi connectivity index (χ2n) is 5.70. The van der Waals surface area contributed by atoms with Crippen LogP contribution >= 0.6 is 24.0 Å². The van der Waals surface area contributed by atoms with E-state index in [2.05, 4.69) is 46.8 Å². The second-order valence-corrected chi connectivity index (χ2v) is 5.70. The summed E-state index contributed by atoms with van der Waals surface area (Å²) in [6, 6.07) is 10.2. The summed E-state index contributed by atoms with van der Waals surface area (Å²) in [4.78, 5) is 4.64. The Morgan fingerprint density at radius 1 is 1.21 bits per heavy atom. The molecule has 2 N–H and O–H groups in total. The van der Waals surface area contributed by atoms with Crippen molar-refractivity contribution in [2.45, 2.75) is 40.2 Å². The Morgan fingerprint density at radius 2 is 1.92 bits per heavy atom. The summed E-state index contributed by atoms with van der Waals surface area (Å²) in [6.07, 6.45) is 0. The number of hydrogen-bond donors (Lipinski definition) is 2. The normalized spacial score (nSPS) is 12.4. The van der Waals surface area contributed by atoms with Crippen molar-refractivity contribution in [3.63, 3.8) is 0 Å². The summed E-state index contributed by atoms with van der Waals surface area (Å²) >= 11 is 0. The summed E-state index contributed by atoms with van der Waals surface area (Å²) in [6.45, 7) is 10.5. The van der Waals surface area contributed by atoms with Crippen LogP contribution < -0.4 is 10.6 Å². The van der Waals surface area contributed by atoms with Gasteiger partial charge < -0.3 is 15.2 Å². The van der Waals surface area contributed by atoms with Gasteiger partial charge in [-0.1, -0.05) is 42.4 Å². The first-order chi connectivity index (χ1) is 11.1. The van der Waals surface area contributed by atoms with Crippen molar-refractivity contribution >= 4 is 29.9 Å². The molecule has 1 aromatic heterocycles. The van der Waals surface area contributed by atoms with Crippen LogP contribution in [0, 0.1) is 13.8 Å². The van der Waals surface area contributed by atoms with Crippen molar-refractivity contribution in [1.29, 1.82) is 0 Å². The minimum Gasteiger partial charge on any atom is -0.361 e. The first-order valence-electron chi connectivity index (χ1n) is 8.10. The number of aromatic nitrogens is 1. The van der Waals surface area contributed by atoms with Crippen molar-refractivity contribution < 1.29 is 4.52 Å². The number of guanidine groups is 1. The minimum absolute atomic E-state index is 0. The number of nitrogens with zero attached hydrogens (tertiary/aromatic N) is 2. The van der Waals surface area contributed by atoms with Crippen LogP contribution in [0.1, 0.15) is 42.3 Å². The second kappa shape index (κ2) is 10.3. The van der Waals surface area contributed by atoms with Crippen molar-refractivity contribution in [1.82, 2.24) is 15.8 Å². The molecule has 2 aromatic rings. The topological polar surface area (TPSA) is 62.5 Å².